The monoisotopic (exact) mass is 360 g/mol. The van der Waals surface area contributed by atoms with Gasteiger partial charge in [0.25, 0.3) is 0 Å². The van der Waals surface area contributed by atoms with Gasteiger partial charge in [-0.05, 0) is 11.1 Å². The summed E-state index contributed by atoms with van der Waals surface area (Å²) in [6.45, 7) is 0. The zero-order chi connectivity index (χ0) is 14.7. The summed E-state index contributed by atoms with van der Waals surface area (Å²) in [6, 6.07) is 8.07. The molecule has 1 aliphatic carbocycles. The highest BCUT2D eigenvalue weighted by atomic mass is 35.5. The Balaban J connectivity index is 1.86. The molecule has 0 N–H and O–H groups in total. The van der Waals surface area contributed by atoms with Crippen LogP contribution < -0.4 is 9.47 Å². The van der Waals surface area contributed by atoms with Gasteiger partial charge in [0.2, 0.25) is 0 Å². The fourth-order valence-corrected chi connectivity index (χ4v) is 3.75. The van der Waals surface area contributed by atoms with E-state index >= 15 is 0 Å². The summed E-state index contributed by atoms with van der Waals surface area (Å²) in [5, 5.41) is 0.814. The quantitative estimate of drug-likeness (QED) is 0.440. The van der Waals surface area contributed by atoms with Crippen LogP contribution in [0, 0.1) is 0 Å². The molecule has 0 saturated heterocycles. The lowest BCUT2D eigenvalue weighted by atomic mass is 10.1. The van der Waals surface area contributed by atoms with E-state index in [1.165, 1.54) is 5.56 Å². The van der Waals surface area contributed by atoms with Crippen LogP contribution >= 0.6 is 46.4 Å². The van der Waals surface area contributed by atoms with Crippen molar-refractivity contribution in [3.8, 4) is 11.5 Å². The molecule has 2 aliphatic rings. The second-order valence-electron chi connectivity index (χ2n) is 5.01. The Labute approximate surface area is 141 Å². The van der Waals surface area contributed by atoms with E-state index in [4.69, 9.17) is 55.9 Å². The lowest BCUT2D eigenvalue weighted by Crippen LogP contribution is -2.30. The van der Waals surface area contributed by atoms with E-state index in [9.17, 15) is 0 Å². The summed E-state index contributed by atoms with van der Waals surface area (Å²) < 4.78 is 12.0. The largest absolute Gasteiger partial charge is 0.480 e. The Morgan fingerprint density at radius 2 is 1.43 bits per heavy atom. The van der Waals surface area contributed by atoms with Crippen LogP contribution in [0.25, 0.3) is 0 Å². The maximum atomic E-state index is 6.23. The van der Waals surface area contributed by atoms with Crippen LogP contribution in [-0.4, -0.2) is 6.10 Å². The van der Waals surface area contributed by atoms with Crippen molar-refractivity contribution in [2.75, 3.05) is 0 Å². The van der Waals surface area contributed by atoms with Crippen LogP contribution in [-0.2, 0) is 6.42 Å². The molecule has 0 radical (unpaired) electrons. The normalized spacial score (nSPS) is 21.9. The third-order valence-corrected chi connectivity index (χ3v) is 5.58. The molecular weight excluding hydrogens is 354 g/mol. The third kappa shape index (κ3) is 1.93. The molecular formula is C15H8Cl4O2. The SMILES string of the molecule is Clc1c(Cl)c(Cl)c2c(c1Cl)O[C@H]1Cc3ccccc3[C@@H]1O2. The molecule has 108 valence electrons. The minimum absolute atomic E-state index is 0.138. The van der Waals surface area contributed by atoms with Gasteiger partial charge in [-0.2, -0.15) is 0 Å². The molecule has 2 aromatic rings. The lowest BCUT2D eigenvalue weighted by molar-refractivity contribution is 0.0328. The number of rotatable bonds is 0. The maximum absolute atomic E-state index is 6.23. The highest BCUT2D eigenvalue weighted by molar-refractivity contribution is 6.53. The van der Waals surface area contributed by atoms with E-state index in [0.29, 0.717) is 11.5 Å². The second kappa shape index (κ2) is 4.85. The average molecular weight is 362 g/mol. The van der Waals surface area contributed by atoms with E-state index in [1.54, 1.807) is 0 Å². The number of benzene rings is 2. The first-order valence-corrected chi connectivity index (χ1v) is 7.86. The van der Waals surface area contributed by atoms with Gasteiger partial charge in [0.1, 0.15) is 16.1 Å². The topological polar surface area (TPSA) is 18.5 Å². The predicted octanol–water partition coefficient (Wildman–Crippen LogP) is 5.74. The van der Waals surface area contributed by atoms with Crippen LogP contribution in [0.5, 0.6) is 11.5 Å². The molecule has 4 rings (SSSR count). The zero-order valence-electron chi connectivity index (χ0n) is 10.5. The van der Waals surface area contributed by atoms with Crippen LogP contribution in [0.3, 0.4) is 0 Å². The summed E-state index contributed by atoms with van der Waals surface area (Å²) in [4.78, 5) is 0. The number of halogens is 4. The molecule has 2 aromatic carbocycles. The number of hydrogen-bond acceptors (Lipinski definition) is 2. The summed E-state index contributed by atoms with van der Waals surface area (Å²) in [7, 11) is 0. The first-order valence-electron chi connectivity index (χ1n) is 6.35. The molecule has 0 bridgehead atoms. The molecule has 21 heavy (non-hydrogen) atoms. The van der Waals surface area contributed by atoms with Gasteiger partial charge in [0.15, 0.2) is 17.6 Å². The molecule has 2 nitrogen and oxygen atoms in total. The van der Waals surface area contributed by atoms with Gasteiger partial charge in [-0.15, -0.1) is 0 Å². The van der Waals surface area contributed by atoms with Crippen molar-refractivity contribution in [1.82, 2.24) is 0 Å². The fourth-order valence-electron chi connectivity index (χ4n) is 2.84. The molecule has 6 heteroatoms. The zero-order valence-corrected chi connectivity index (χ0v) is 13.5. The Bertz CT molecular complexity index is 760. The van der Waals surface area contributed by atoms with Crippen LogP contribution in [0.15, 0.2) is 24.3 Å². The van der Waals surface area contributed by atoms with Crippen LogP contribution in [0.2, 0.25) is 20.1 Å². The van der Waals surface area contributed by atoms with Crippen LogP contribution in [0.1, 0.15) is 17.2 Å². The van der Waals surface area contributed by atoms with Gasteiger partial charge in [0.05, 0.1) is 10.0 Å². The van der Waals surface area contributed by atoms with Crippen molar-refractivity contribution in [2.24, 2.45) is 0 Å². The van der Waals surface area contributed by atoms with Crippen molar-refractivity contribution < 1.29 is 9.47 Å². The van der Waals surface area contributed by atoms with Crippen molar-refractivity contribution in [1.29, 1.82) is 0 Å². The number of ether oxygens (including phenoxy) is 2. The standard InChI is InChI=1S/C15H8Cl4O2/c16-9-10(17)12(19)15-14(11(9)18)20-8-5-6-3-1-2-4-7(6)13(8)21-15/h1-4,8,13H,5H2/t8-,13-/m0/s1. The average Bonchev–Trinajstić information content (AvgIpc) is 2.87. The molecule has 0 fully saturated rings. The van der Waals surface area contributed by atoms with Crippen molar-refractivity contribution >= 4 is 46.4 Å². The molecule has 0 spiro atoms. The maximum Gasteiger partial charge on any atom is 0.184 e. The third-order valence-electron chi connectivity index (χ3n) is 3.82. The van der Waals surface area contributed by atoms with Gasteiger partial charge >= 0.3 is 0 Å². The van der Waals surface area contributed by atoms with Gasteiger partial charge in [-0.3, -0.25) is 0 Å². The summed E-state index contributed by atoms with van der Waals surface area (Å²) in [6.07, 6.45) is 0.411. The van der Waals surface area contributed by atoms with Crippen molar-refractivity contribution in [2.45, 2.75) is 18.6 Å². The number of hydrogen-bond donors (Lipinski definition) is 0. The minimum atomic E-state index is -0.209. The first-order chi connectivity index (χ1) is 10.1. The van der Waals surface area contributed by atoms with E-state index in [-0.39, 0.29) is 32.3 Å². The Kier molecular flexibility index (Phi) is 3.20. The van der Waals surface area contributed by atoms with Crippen molar-refractivity contribution in [3.05, 3.63) is 55.5 Å². The first kappa shape index (κ1) is 13.8. The molecule has 0 aromatic heterocycles. The van der Waals surface area contributed by atoms with Gasteiger partial charge < -0.3 is 9.47 Å². The van der Waals surface area contributed by atoms with Crippen LogP contribution in [0.4, 0.5) is 0 Å². The summed E-state index contributed by atoms with van der Waals surface area (Å²) >= 11 is 24.6. The highest BCUT2D eigenvalue weighted by Gasteiger charge is 2.42. The molecule has 1 aliphatic heterocycles. The summed E-state index contributed by atoms with van der Waals surface area (Å²) in [5.41, 5.74) is 2.30. The van der Waals surface area contributed by atoms with Gasteiger partial charge in [0, 0.05) is 6.42 Å². The highest BCUT2D eigenvalue weighted by Crippen LogP contribution is 2.55. The van der Waals surface area contributed by atoms with E-state index in [2.05, 4.69) is 6.07 Å². The predicted molar refractivity (Wildman–Crippen MR) is 84.4 cm³/mol. The number of fused-ring (bicyclic) bond motifs is 4. The Morgan fingerprint density at radius 3 is 2.14 bits per heavy atom. The van der Waals surface area contributed by atoms with Gasteiger partial charge in [-0.25, -0.2) is 0 Å². The lowest BCUT2D eigenvalue weighted by Gasteiger charge is -2.31. The molecule has 0 unspecified atom stereocenters. The van der Waals surface area contributed by atoms with E-state index in [1.807, 2.05) is 18.2 Å². The molecule has 2 atom stereocenters. The molecule has 0 amide bonds. The van der Waals surface area contributed by atoms with E-state index < -0.39 is 0 Å². The Hall–Kier alpha value is -0.800. The van der Waals surface area contributed by atoms with E-state index in [0.717, 1.165) is 12.0 Å². The minimum Gasteiger partial charge on any atom is -0.480 e. The second-order valence-corrected chi connectivity index (χ2v) is 6.52. The summed E-state index contributed by atoms with van der Waals surface area (Å²) in [5.74, 6) is 0.721. The molecule has 0 saturated carbocycles. The fraction of sp³-hybridized carbons (Fsp3) is 0.200. The smallest absolute Gasteiger partial charge is 0.184 e. The van der Waals surface area contributed by atoms with Crippen molar-refractivity contribution in [3.63, 3.8) is 0 Å². The van der Waals surface area contributed by atoms with Gasteiger partial charge in [-0.1, -0.05) is 70.7 Å². The Morgan fingerprint density at radius 1 is 0.810 bits per heavy atom. The molecule has 1 heterocycles.